The van der Waals surface area contributed by atoms with Crippen LogP contribution in [0.4, 0.5) is 0 Å². The zero-order valence-electron chi connectivity index (χ0n) is 10.7. The summed E-state index contributed by atoms with van der Waals surface area (Å²) >= 11 is 0. The van der Waals surface area contributed by atoms with Crippen LogP contribution in [-0.4, -0.2) is 4.98 Å². The van der Waals surface area contributed by atoms with E-state index >= 15 is 0 Å². The summed E-state index contributed by atoms with van der Waals surface area (Å²) in [4.78, 5) is 3.54. The Morgan fingerprint density at radius 1 is 0.789 bits per heavy atom. The van der Waals surface area contributed by atoms with Crippen LogP contribution in [0.15, 0.2) is 54.6 Å². The van der Waals surface area contributed by atoms with Crippen molar-refractivity contribution in [2.24, 2.45) is 0 Å². The van der Waals surface area contributed by atoms with Crippen LogP contribution in [0.3, 0.4) is 0 Å². The summed E-state index contributed by atoms with van der Waals surface area (Å²) in [6, 6.07) is 19.3. The molecule has 19 heavy (non-hydrogen) atoms. The number of benzene rings is 2. The molecule has 1 aromatic heterocycles. The zero-order valence-corrected chi connectivity index (χ0v) is 10.7. The molecular weight excluding hydrogens is 230 g/mol. The fourth-order valence-electron chi connectivity index (χ4n) is 3.00. The van der Waals surface area contributed by atoms with Crippen molar-refractivity contribution in [1.82, 2.24) is 4.98 Å². The lowest BCUT2D eigenvalue weighted by Crippen LogP contribution is -1.97. The summed E-state index contributed by atoms with van der Waals surface area (Å²) in [5, 5.41) is 1.38. The first-order chi connectivity index (χ1) is 9.42. The van der Waals surface area contributed by atoms with E-state index in [0.717, 1.165) is 12.8 Å². The van der Waals surface area contributed by atoms with Crippen LogP contribution >= 0.6 is 0 Å². The van der Waals surface area contributed by atoms with Crippen molar-refractivity contribution in [2.75, 3.05) is 0 Å². The first kappa shape index (κ1) is 10.6. The molecule has 3 aromatic rings. The first-order valence-electron chi connectivity index (χ1n) is 6.77. The molecule has 1 aliphatic rings. The molecule has 1 nitrogen and oxygen atoms in total. The molecule has 92 valence electrons. The number of rotatable bonds is 1. The Balaban J connectivity index is 1.87. The van der Waals surface area contributed by atoms with Crippen LogP contribution in [0, 0.1) is 0 Å². The summed E-state index contributed by atoms with van der Waals surface area (Å²) in [6.45, 7) is 0. The molecule has 2 aromatic carbocycles. The maximum absolute atomic E-state index is 3.54. The number of aromatic nitrogens is 1. The molecule has 4 rings (SSSR count). The minimum absolute atomic E-state index is 1.12. The predicted molar refractivity (Wildman–Crippen MR) is 80.9 cm³/mol. The van der Waals surface area contributed by atoms with Crippen LogP contribution in [0.25, 0.3) is 22.6 Å². The Kier molecular flexibility index (Phi) is 2.31. The number of fused-ring (bicyclic) bond motifs is 3. The van der Waals surface area contributed by atoms with Gasteiger partial charge in [-0.05, 0) is 41.7 Å². The smallest absolute Gasteiger partial charge is 0.0461 e. The number of aromatic amines is 1. The molecule has 0 unspecified atom stereocenters. The molecular formula is C18H15N. The van der Waals surface area contributed by atoms with Gasteiger partial charge in [0, 0.05) is 16.6 Å². The number of allylic oxidation sites excluding steroid dienone is 1. The number of hydrogen-bond acceptors (Lipinski definition) is 0. The quantitative estimate of drug-likeness (QED) is 0.642. The Morgan fingerprint density at radius 2 is 1.58 bits per heavy atom. The van der Waals surface area contributed by atoms with Crippen molar-refractivity contribution in [2.45, 2.75) is 12.8 Å². The molecule has 0 bridgehead atoms. The summed E-state index contributed by atoms with van der Waals surface area (Å²) in [7, 11) is 0. The number of para-hydroxylation sites is 1. The van der Waals surface area contributed by atoms with Crippen molar-refractivity contribution < 1.29 is 0 Å². The second kappa shape index (κ2) is 4.13. The van der Waals surface area contributed by atoms with Gasteiger partial charge in [0.15, 0.2) is 0 Å². The molecule has 0 amide bonds. The first-order valence-corrected chi connectivity index (χ1v) is 6.77. The molecule has 1 N–H and O–H groups in total. The van der Waals surface area contributed by atoms with E-state index in [1.807, 2.05) is 0 Å². The lowest BCUT2D eigenvalue weighted by Gasteiger charge is -2.14. The van der Waals surface area contributed by atoms with Gasteiger partial charge in [0.05, 0.1) is 0 Å². The average Bonchev–Trinajstić information content (AvgIpc) is 2.86. The Hall–Kier alpha value is -2.28. The third kappa shape index (κ3) is 1.70. The van der Waals surface area contributed by atoms with E-state index in [1.165, 1.54) is 33.3 Å². The number of aryl methyl sites for hydroxylation is 1. The van der Waals surface area contributed by atoms with Crippen molar-refractivity contribution in [1.29, 1.82) is 0 Å². The number of H-pyrrole nitrogens is 1. The fourth-order valence-corrected chi connectivity index (χ4v) is 3.00. The fraction of sp³-hybridized carbons (Fsp3) is 0.111. The van der Waals surface area contributed by atoms with E-state index < -0.39 is 0 Å². The summed E-state index contributed by atoms with van der Waals surface area (Å²) < 4.78 is 0. The van der Waals surface area contributed by atoms with E-state index in [0.29, 0.717) is 0 Å². The van der Waals surface area contributed by atoms with E-state index in [4.69, 9.17) is 0 Å². The van der Waals surface area contributed by atoms with Gasteiger partial charge in [-0.1, -0.05) is 48.5 Å². The van der Waals surface area contributed by atoms with Gasteiger partial charge in [0.2, 0.25) is 0 Å². The molecule has 0 saturated carbocycles. The summed E-state index contributed by atoms with van der Waals surface area (Å²) in [5.74, 6) is 0. The van der Waals surface area contributed by atoms with E-state index in [1.54, 1.807) is 0 Å². The topological polar surface area (TPSA) is 15.8 Å². The molecule has 1 aliphatic carbocycles. The van der Waals surface area contributed by atoms with Gasteiger partial charge in [0.1, 0.15) is 0 Å². The van der Waals surface area contributed by atoms with Crippen molar-refractivity contribution in [3.05, 3.63) is 71.4 Å². The summed E-state index contributed by atoms with van der Waals surface area (Å²) in [6.07, 6.45) is 4.56. The maximum Gasteiger partial charge on any atom is 0.0461 e. The Morgan fingerprint density at radius 3 is 2.47 bits per heavy atom. The molecule has 0 saturated heterocycles. The maximum atomic E-state index is 3.54. The van der Waals surface area contributed by atoms with E-state index in [2.05, 4.69) is 65.7 Å². The monoisotopic (exact) mass is 245 g/mol. The highest BCUT2D eigenvalue weighted by atomic mass is 14.7. The van der Waals surface area contributed by atoms with Crippen LogP contribution in [0.1, 0.15) is 23.2 Å². The van der Waals surface area contributed by atoms with E-state index in [9.17, 15) is 0 Å². The highest BCUT2D eigenvalue weighted by Gasteiger charge is 2.16. The molecule has 0 spiro atoms. The average molecular weight is 245 g/mol. The Labute approximate surface area is 112 Å². The molecule has 0 aliphatic heterocycles. The van der Waals surface area contributed by atoms with Gasteiger partial charge in [-0.3, -0.25) is 0 Å². The van der Waals surface area contributed by atoms with Gasteiger partial charge >= 0.3 is 0 Å². The van der Waals surface area contributed by atoms with Crippen LogP contribution < -0.4 is 0 Å². The minimum Gasteiger partial charge on any atom is -0.355 e. The number of hydrogen-bond donors (Lipinski definition) is 1. The van der Waals surface area contributed by atoms with Crippen LogP contribution in [0.5, 0.6) is 0 Å². The zero-order chi connectivity index (χ0) is 12.7. The second-order valence-electron chi connectivity index (χ2n) is 5.10. The van der Waals surface area contributed by atoms with Gasteiger partial charge in [-0.2, -0.15) is 0 Å². The molecule has 1 heteroatoms. The largest absolute Gasteiger partial charge is 0.355 e. The standard InChI is InChI=1S/C18H15N/c1-2-6-13(7-3-1)14-10-11-16-15-8-4-5-9-17(15)19-18(16)12-14/h1-9,12,19H,10-11H2. The highest BCUT2D eigenvalue weighted by molar-refractivity contribution is 5.93. The molecule has 0 radical (unpaired) electrons. The normalized spacial score (nSPS) is 14.2. The highest BCUT2D eigenvalue weighted by Crippen LogP contribution is 2.34. The molecule has 0 fully saturated rings. The summed E-state index contributed by atoms with van der Waals surface area (Å²) in [5.41, 5.74) is 6.77. The van der Waals surface area contributed by atoms with E-state index in [-0.39, 0.29) is 0 Å². The van der Waals surface area contributed by atoms with Gasteiger partial charge in [-0.25, -0.2) is 0 Å². The molecule has 1 heterocycles. The SMILES string of the molecule is C1=C(c2ccccc2)CCc2c1[nH]c1ccccc21. The van der Waals surface area contributed by atoms with Crippen molar-refractivity contribution in [3.8, 4) is 0 Å². The third-order valence-corrected chi connectivity index (χ3v) is 3.95. The van der Waals surface area contributed by atoms with Crippen molar-refractivity contribution in [3.63, 3.8) is 0 Å². The van der Waals surface area contributed by atoms with Gasteiger partial charge in [-0.15, -0.1) is 0 Å². The lowest BCUT2D eigenvalue weighted by molar-refractivity contribution is 1.01. The van der Waals surface area contributed by atoms with Gasteiger partial charge in [0.25, 0.3) is 0 Å². The molecule has 0 atom stereocenters. The minimum atomic E-state index is 1.12. The van der Waals surface area contributed by atoms with Gasteiger partial charge < -0.3 is 4.98 Å². The third-order valence-electron chi connectivity index (χ3n) is 3.95. The Bertz CT molecular complexity index is 763. The van der Waals surface area contributed by atoms with Crippen LogP contribution in [-0.2, 0) is 6.42 Å². The second-order valence-corrected chi connectivity index (χ2v) is 5.10. The number of nitrogens with one attached hydrogen (secondary N) is 1. The lowest BCUT2D eigenvalue weighted by atomic mass is 9.91. The van der Waals surface area contributed by atoms with Crippen LogP contribution in [0.2, 0.25) is 0 Å². The van der Waals surface area contributed by atoms with Crippen molar-refractivity contribution >= 4 is 22.6 Å². The predicted octanol–water partition coefficient (Wildman–Crippen LogP) is 4.65.